The first kappa shape index (κ1) is 17.6. The molecule has 26 heavy (non-hydrogen) atoms. The molecular formula is C19H15F2NO4. The Balaban J connectivity index is 2.00. The molecule has 134 valence electrons. The predicted octanol–water partition coefficient (Wildman–Crippen LogP) is 3.86. The molecule has 0 radical (unpaired) electrons. The molecule has 2 aromatic carbocycles. The van der Waals surface area contributed by atoms with Gasteiger partial charge in [-0.05, 0) is 43.5 Å². The quantitative estimate of drug-likeness (QED) is 0.824. The van der Waals surface area contributed by atoms with Crippen molar-refractivity contribution in [1.29, 1.82) is 0 Å². The van der Waals surface area contributed by atoms with Crippen LogP contribution < -0.4 is 9.90 Å². The van der Waals surface area contributed by atoms with E-state index in [0.29, 0.717) is 24.6 Å². The summed E-state index contributed by atoms with van der Waals surface area (Å²) >= 11 is 0. The van der Waals surface area contributed by atoms with Gasteiger partial charge >= 0.3 is 5.97 Å². The number of carbonyl (C=O) groups is 2. The summed E-state index contributed by atoms with van der Waals surface area (Å²) in [5.41, 5.74) is 0.438. The Kier molecular flexibility index (Phi) is 4.97. The molecule has 0 unspecified atom stereocenters. The smallest absolute Gasteiger partial charge is 0.332 e. The lowest BCUT2D eigenvalue weighted by Gasteiger charge is -2.23. The first-order valence-electron chi connectivity index (χ1n) is 7.95. The molecule has 0 fully saturated rings. The number of para-hydroxylation sites is 1. The third kappa shape index (κ3) is 3.56. The molecule has 7 heteroatoms. The van der Waals surface area contributed by atoms with Crippen molar-refractivity contribution in [2.24, 2.45) is 0 Å². The monoisotopic (exact) mass is 359 g/mol. The Bertz CT molecular complexity index is 880. The van der Waals surface area contributed by atoms with Gasteiger partial charge in [-0.3, -0.25) is 4.79 Å². The van der Waals surface area contributed by atoms with E-state index in [0.717, 1.165) is 17.2 Å². The number of hydrogen-bond acceptors (Lipinski definition) is 3. The van der Waals surface area contributed by atoms with Crippen LogP contribution in [0.3, 0.4) is 0 Å². The van der Waals surface area contributed by atoms with Crippen molar-refractivity contribution >= 4 is 17.6 Å². The van der Waals surface area contributed by atoms with Gasteiger partial charge in [0.15, 0.2) is 11.6 Å². The normalized spacial score (nSPS) is 13.6. The van der Waals surface area contributed by atoms with E-state index in [-0.39, 0.29) is 23.3 Å². The average molecular weight is 359 g/mol. The van der Waals surface area contributed by atoms with Crippen LogP contribution in [0.5, 0.6) is 5.75 Å². The molecule has 5 nitrogen and oxygen atoms in total. The number of carbonyl (C=O) groups excluding carboxylic acids is 1. The van der Waals surface area contributed by atoms with Crippen LogP contribution in [-0.4, -0.2) is 17.0 Å². The fourth-order valence-corrected chi connectivity index (χ4v) is 2.76. The summed E-state index contributed by atoms with van der Waals surface area (Å²) in [4.78, 5) is 29.7. The first-order valence-corrected chi connectivity index (χ1v) is 7.95. The summed E-state index contributed by atoms with van der Waals surface area (Å²) in [6.07, 6.45) is 1.11. The highest BCUT2D eigenvalue weighted by Gasteiger charge is 2.31. The average Bonchev–Trinajstić information content (AvgIpc) is 3.11. The second-order valence-corrected chi connectivity index (χ2v) is 5.72. The fourth-order valence-electron chi connectivity index (χ4n) is 2.76. The van der Waals surface area contributed by atoms with Gasteiger partial charge in [-0.1, -0.05) is 18.2 Å². The van der Waals surface area contributed by atoms with E-state index in [9.17, 15) is 23.5 Å². The SMILES string of the molecule is O=C(O)C1=C(C(=O)N(Oc2ccc(F)cc2F)c2ccccc2)CCC1. The van der Waals surface area contributed by atoms with Crippen molar-refractivity contribution in [1.82, 2.24) is 0 Å². The van der Waals surface area contributed by atoms with Gasteiger partial charge in [-0.2, -0.15) is 0 Å². The summed E-state index contributed by atoms with van der Waals surface area (Å²) in [6, 6.07) is 10.9. The number of aliphatic carboxylic acids is 1. The molecule has 2 aromatic rings. The molecule has 0 aromatic heterocycles. The van der Waals surface area contributed by atoms with Gasteiger partial charge in [0.05, 0.1) is 5.69 Å². The van der Waals surface area contributed by atoms with Crippen molar-refractivity contribution in [3.8, 4) is 5.75 Å². The maximum absolute atomic E-state index is 14.0. The van der Waals surface area contributed by atoms with E-state index < -0.39 is 23.5 Å². The third-order valence-corrected chi connectivity index (χ3v) is 3.99. The Morgan fingerprint density at radius 1 is 1.00 bits per heavy atom. The highest BCUT2D eigenvalue weighted by Crippen LogP contribution is 2.30. The highest BCUT2D eigenvalue weighted by molar-refractivity contribution is 6.09. The molecule has 1 aliphatic carbocycles. The number of hydroxylamine groups is 1. The van der Waals surface area contributed by atoms with Crippen molar-refractivity contribution in [2.75, 3.05) is 5.06 Å². The number of nitrogens with zero attached hydrogens (tertiary/aromatic N) is 1. The number of halogens is 2. The zero-order valence-electron chi connectivity index (χ0n) is 13.6. The summed E-state index contributed by atoms with van der Waals surface area (Å²) in [5.74, 6) is -3.95. The molecule has 0 saturated carbocycles. The Hall–Kier alpha value is -3.22. The van der Waals surface area contributed by atoms with E-state index in [1.54, 1.807) is 30.3 Å². The van der Waals surface area contributed by atoms with Gasteiger partial charge in [0.1, 0.15) is 5.82 Å². The fraction of sp³-hybridized carbons (Fsp3) is 0.158. The van der Waals surface area contributed by atoms with Gasteiger partial charge < -0.3 is 9.94 Å². The molecular weight excluding hydrogens is 344 g/mol. The standard InChI is InChI=1S/C19H15F2NO4/c20-12-9-10-17(16(21)11-12)26-22(13-5-2-1-3-6-13)18(23)14-7-4-8-15(14)19(24)25/h1-3,5-6,9-11H,4,7-8H2,(H,24,25). The van der Waals surface area contributed by atoms with Gasteiger partial charge in [0.25, 0.3) is 5.91 Å². The van der Waals surface area contributed by atoms with Crippen LogP contribution in [-0.2, 0) is 9.59 Å². The third-order valence-electron chi connectivity index (χ3n) is 3.99. The lowest BCUT2D eigenvalue weighted by atomic mass is 10.1. The Morgan fingerprint density at radius 3 is 2.35 bits per heavy atom. The predicted molar refractivity (Wildman–Crippen MR) is 89.4 cm³/mol. The van der Waals surface area contributed by atoms with Crippen molar-refractivity contribution in [3.05, 3.63) is 71.3 Å². The topological polar surface area (TPSA) is 66.8 Å². The van der Waals surface area contributed by atoms with Crippen LogP contribution in [0.15, 0.2) is 59.7 Å². The molecule has 1 aliphatic rings. The highest BCUT2D eigenvalue weighted by atomic mass is 19.1. The van der Waals surface area contributed by atoms with Crippen LogP contribution in [0.1, 0.15) is 19.3 Å². The zero-order chi connectivity index (χ0) is 18.7. The molecule has 1 amide bonds. The van der Waals surface area contributed by atoms with Gasteiger partial charge in [0, 0.05) is 17.2 Å². The van der Waals surface area contributed by atoms with E-state index in [2.05, 4.69) is 0 Å². The minimum Gasteiger partial charge on any atom is -0.478 e. The van der Waals surface area contributed by atoms with Crippen LogP contribution in [0.25, 0.3) is 0 Å². The molecule has 0 atom stereocenters. The van der Waals surface area contributed by atoms with Crippen LogP contribution in [0.4, 0.5) is 14.5 Å². The minimum atomic E-state index is -1.16. The summed E-state index contributed by atoms with van der Waals surface area (Å²) in [7, 11) is 0. The number of benzene rings is 2. The van der Waals surface area contributed by atoms with Crippen molar-refractivity contribution in [2.45, 2.75) is 19.3 Å². The molecule has 0 bridgehead atoms. The number of carboxylic acid groups (broad SMARTS) is 1. The number of rotatable bonds is 5. The van der Waals surface area contributed by atoms with Crippen molar-refractivity contribution < 1.29 is 28.3 Å². The van der Waals surface area contributed by atoms with Crippen LogP contribution in [0.2, 0.25) is 0 Å². The van der Waals surface area contributed by atoms with Gasteiger partial charge in [0.2, 0.25) is 0 Å². The number of hydrogen-bond donors (Lipinski definition) is 1. The van der Waals surface area contributed by atoms with E-state index in [1.807, 2.05) is 0 Å². The Labute approximate surface area is 148 Å². The maximum Gasteiger partial charge on any atom is 0.332 e. The number of carboxylic acids is 1. The second-order valence-electron chi connectivity index (χ2n) is 5.72. The molecule has 0 heterocycles. The molecule has 1 N–H and O–H groups in total. The number of amides is 1. The van der Waals surface area contributed by atoms with Gasteiger partial charge in [-0.15, -0.1) is 5.06 Å². The van der Waals surface area contributed by atoms with Crippen LogP contribution in [0, 0.1) is 11.6 Å². The second kappa shape index (κ2) is 7.35. The van der Waals surface area contributed by atoms with Crippen molar-refractivity contribution in [3.63, 3.8) is 0 Å². The lowest BCUT2D eigenvalue weighted by molar-refractivity contribution is -0.133. The van der Waals surface area contributed by atoms with E-state index in [1.165, 1.54) is 0 Å². The van der Waals surface area contributed by atoms with E-state index in [4.69, 9.17) is 4.84 Å². The van der Waals surface area contributed by atoms with E-state index >= 15 is 0 Å². The summed E-state index contributed by atoms with van der Waals surface area (Å²) in [6.45, 7) is 0. The summed E-state index contributed by atoms with van der Waals surface area (Å²) in [5, 5.41) is 10.1. The van der Waals surface area contributed by atoms with Crippen LogP contribution >= 0.6 is 0 Å². The summed E-state index contributed by atoms with van der Waals surface area (Å²) < 4.78 is 27.1. The lowest BCUT2D eigenvalue weighted by Crippen LogP contribution is -2.36. The number of anilines is 1. The van der Waals surface area contributed by atoms with Gasteiger partial charge in [-0.25, -0.2) is 13.6 Å². The maximum atomic E-state index is 14.0. The Morgan fingerprint density at radius 2 is 1.69 bits per heavy atom. The molecule has 0 saturated heterocycles. The minimum absolute atomic E-state index is 0.0270. The first-order chi connectivity index (χ1) is 12.5. The molecule has 0 spiro atoms. The molecule has 0 aliphatic heterocycles. The zero-order valence-corrected chi connectivity index (χ0v) is 13.6. The largest absolute Gasteiger partial charge is 0.478 e. The molecule has 3 rings (SSSR count).